The van der Waals surface area contributed by atoms with E-state index in [1.807, 2.05) is 32.6 Å². The van der Waals surface area contributed by atoms with E-state index >= 15 is 0 Å². The second-order valence-electron chi connectivity index (χ2n) is 12.7. The van der Waals surface area contributed by atoms with Gasteiger partial charge in [0, 0.05) is 47.9 Å². The zero-order valence-corrected chi connectivity index (χ0v) is 25.6. The van der Waals surface area contributed by atoms with Gasteiger partial charge in [0.25, 0.3) is 0 Å². The lowest BCUT2D eigenvalue weighted by Crippen LogP contribution is -2.43. The number of likely N-dealkylation sites (tertiary alicyclic amines) is 1. The Morgan fingerprint density at radius 3 is 2.38 bits per heavy atom. The molecule has 0 bridgehead atoms. The van der Waals surface area contributed by atoms with Crippen LogP contribution in [0.4, 0.5) is 10.5 Å². The molecule has 1 spiro atoms. The molecule has 2 saturated heterocycles. The summed E-state index contributed by atoms with van der Waals surface area (Å²) in [5.74, 6) is 1.79. The van der Waals surface area contributed by atoms with Crippen molar-refractivity contribution in [2.75, 3.05) is 31.1 Å². The summed E-state index contributed by atoms with van der Waals surface area (Å²) in [4.78, 5) is 23.5. The Morgan fingerprint density at radius 2 is 1.70 bits per heavy atom. The van der Waals surface area contributed by atoms with Crippen molar-refractivity contribution in [2.45, 2.75) is 79.4 Å². The predicted octanol–water partition coefficient (Wildman–Crippen LogP) is 6.39. The van der Waals surface area contributed by atoms with E-state index in [0.717, 1.165) is 73.4 Å². The quantitative estimate of drug-likeness (QED) is 0.363. The first kappa shape index (κ1) is 27.0. The fourth-order valence-corrected chi connectivity index (χ4v) is 7.59. The van der Waals surface area contributed by atoms with Crippen molar-refractivity contribution in [3.63, 3.8) is 0 Å². The van der Waals surface area contributed by atoms with Gasteiger partial charge in [-0.2, -0.15) is 0 Å². The van der Waals surface area contributed by atoms with Crippen LogP contribution in [0.3, 0.4) is 0 Å². The van der Waals surface area contributed by atoms with E-state index in [1.54, 1.807) is 11.3 Å². The normalized spacial score (nSPS) is 20.3. The van der Waals surface area contributed by atoms with Crippen molar-refractivity contribution >= 4 is 28.8 Å². The summed E-state index contributed by atoms with van der Waals surface area (Å²) in [7, 11) is 0. The summed E-state index contributed by atoms with van der Waals surface area (Å²) in [5, 5.41) is 10.0. The van der Waals surface area contributed by atoms with E-state index in [0.29, 0.717) is 0 Å². The fourth-order valence-electron chi connectivity index (χ4n) is 6.38. The van der Waals surface area contributed by atoms with Crippen molar-refractivity contribution in [1.29, 1.82) is 0 Å². The molecule has 1 atom stereocenters. The number of aryl methyl sites for hydroxylation is 2. The number of carbonyl (C=O) groups excluding carboxylic acids is 1. The number of nitrogens with zero attached hydrogens (tertiary/aromatic N) is 6. The summed E-state index contributed by atoms with van der Waals surface area (Å²) < 4.78 is 7.82. The monoisotopic (exact) mass is 560 g/mol. The van der Waals surface area contributed by atoms with Gasteiger partial charge in [0.15, 0.2) is 5.82 Å². The number of aliphatic imine (C=N–C) groups is 1. The first-order valence-corrected chi connectivity index (χ1v) is 15.2. The molecule has 8 nitrogen and oxygen atoms in total. The number of hydrogen-bond acceptors (Lipinski definition) is 7. The lowest BCUT2D eigenvalue weighted by Gasteiger charge is -2.40. The van der Waals surface area contributed by atoms with Crippen LogP contribution < -0.4 is 4.90 Å². The van der Waals surface area contributed by atoms with Crippen molar-refractivity contribution in [2.24, 2.45) is 10.4 Å². The smallest absolute Gasteiger partial charge is 0.410 e. The summed E-state index contributed by atoms with van der Waals surface area (Å²) in [5.41, 5.74) is 5.63. The molecule has 3 aliphatic rings. The van der Waals surface area contributed by atoms with Gasteiger partial charge < -0.3 is 14.5 Å². The number of rotatable bonds is 2. The number of aromatic nitrogens is 3. The van der Waals surface area contributed by atoms with Gasteiger partial charge in [-0.3, -0.25) is 9.56 Å². The molecule has 9 heteroatoms. The van der Waals surface area contributed by atoms with Crippen LogP contribution in [-0.2, 0) is 4.74 Å². The number of ether oxygens (including phenoxy) is 1. The highest BCUT2D eigenvalue weighted by molar-refractivity contribution is 7.15. The maximum atomic E-state index is 12.6. The van der Waals surface area contributed by atoms with Crippen LogP contribution in [0.2, 0.25) is 0 Å². The second-order valence-corrected chi connectivity index (χ2v) is 13.9. The van der Waals surface area contributed by atoms with E-state index in [-0.39, 0.29) is 17.6 Å². The number of piperidine rings is 1. The van der Waals surface area contributed by atoms with Gasteiger partial charge in [0.05, 0.1) is 5.71 Å². The minimum Gasteiger partial charge on any atom is -0.444 e. The van der Waals surface area contributed by atoms with Crippen molar-refractivity contribution in [1.82, 2.24) is 19.7 Å². The summed E-state index contributed by atoms with van der Waals surface area (Å²) in [6, 6.07) is 8.85. The van der Waals surface area contributed by atoms with Crippen molar-refractivity contribution < 1.29 is 9.53 Å². The lowest BCUT2D eigenvalue weighted by atomic mass is 9.77. The molecule has 212 valence electrons. The molecule has 5 heterocycles. The van der Waals surface area contributed by atoms with Crippen molar-refractivity contribution in [3.05, 3.63) is 57.5 Å². The number of fused-ring (bicyclic) bond motifs is 3. The number of amides is 1. The number of hydrogen-bond donors (Lipinski definition) is 0. The van der Waals surface area contributed by atoms with Gasteiger partial charge in [-0.15, -0.1) is 21.5 Å². The zero-order chi connectivity index (χ0) is 28.4. The predicted molar refractivity (Wildman–Crippen MR) is 160 cm³/mol. The molecule has 3 aromatic rings. The van der Waals surface area contributed by atoms with Crippen LogP contribution in [-0.4, -0.2) is 63.2 Å². The molecule has 6 rings (SSSR count). The first-order valence-electron chi connectivity index (χ1n) is 14.4. The SMILES string of the molecule is Cc1sc2c(c1C)C(c1ccc(N3CCC4(CCN(C(=O)OC(C)(C)C)C4)CC3)cc1)=N[C@@H](C)c1nnc(C)n1-2. The molecular weight excluding hydrogens is 520 g/mol. The van der Waals surface area contributed by atoms with E-state index in [4.69, 9.17) is 9.73 Å². The van der Waals surface area contributed by atoms with Gasteiger partial charge >= 0.3 is 6.09 Å². The van der Waals surface area contributed by atoms with E-state index < -0.39 is 5.60 Å². The number of carbonyl (C=O) groups is 1. The zero-order valence-electron chi connectivity index (χ0n) is 24.7. The van der Waals surface area contributed by atoms with Crippen LogP contribution in [0.5, 0.6) is 0 Å². The Balaban J connectivity index is 1.19. The highest BCUT2D eigenvalue weighted by Gasteiger charge is 2.43. The van der Waals surface area contributed by atoms with Crippen LogP contribution in [0.25, 0.3) is 5.00 Å². The third-order valence-electron chi connectivity index (χ3n) is 8.77. The molecule has 3 aliphatic heterocycles. The maximum Gasteiger partial charge on any atom is 0.410 e. The van der Waals surface area contributed by atoms with Crippen LogP contribution in [0.15, 0.2) is 29.3 Å². The molecule has 2 aromatic heterocycles. The molecule has 0 saturated carbocycles. The van der Waals surface area contributed by atoms with Gasteiger partial charge in [-0.05, 0) is 90.8 Å². The van der Waals surface area contributed by atoms with E-state index in [1.165, 1.54) is 21.7 Å². The maximum absolute atomic E-state index is 12.6. The Bertz CT molecular complexity index is 1470. The lowest BCUT2D eigenvalue weighted by molar-refractivity contribution is 0.0266. The minimum absolute atomic E-state index is 0.0832. The molecule has 1 amide bonds. The van der Waals surface area contributed by atoms with Crippen LogP contribution in [0, 0.1) is 26.2 Å². The molecule has 2 fully saturated rings. The van der Waals surface area contributed by atoms with Gasteiger partial charge in [-0.25, -0.2) is 4.79 Å². The number of anilines is 1. The molecule has 0 aliphatic carbocycles. The Morgan fingerprint density at radius 1 is 1.02 bits per heavy atom. The van der Waals surface area contributed by atoms with E-state index in [9.17, 15) is 4.79 Å². The first-order chi connectivity index (χ1) is 18.9. The number of benzene rings is 1. The molecule has 0 unspecified atom stereocenters. The topological polar surface area (TPSA) is 75.8 Å². The van der Waals surface area contributed by atoms with Crippen LogP contribution >= 0.6 is 11.3 Å². The van der Waals surface area contributed by atoms with Gasteiger partial charge in [-0.1, -0.05) is 12.1 Å². The third-order valence-corrected chi connectivity index (χ3v) is 9.97. The molecule has 40 heavy (non-hydrogen) atoms. The molecular formula is C31H40N6O2S. The molecule has 1 aromatic carbocycles. The highest BCUT2D eigenvalue weighted by atomic mass is 32.1. The Kier molecular flexibility index (Phi) is 6.56. The fraction of sp³-hybridized carbons (Fsp3) is 0.548. The summed E-state index contributed by atoms with van der Waals surface area (Å²) in [6.45, 7) is 17.9. The largest absolute Gasteiger partial charge is 0.444 e. The van der Waals surface area contributed by atoms with E-state index in [2.05, 4.69) is 64.7 Å². The third kappa shape index (κ3) is 4.72. The number of thiophene rings is 1. The van der Waals surface area contributed by atoms with Gasteiger partial charge in [0.2, 0.25) is 0 Å². The van der Waals surface area contributed by atoms with Crippen molar-refractivity contribution in [3.8, 4) is 5.00 Å². The molecule has 0 N–H and O–H groups in total. The average Bonchev–Trinajstić information content (AvgIpc) is 3.56. The summed E-state index contributed by atoms with van der Waals surface area (Å²) >= 11 is 1.79. The standard InChI is InChI=1S/C31H40N6O2S/c1-19-21(3)40-28-25(19)26(32-20(2)27-34-33-22(4)37(27)28)23-8-10-24(11-9-23)35-15-12-31(13-16-35)14-17-36(18-31)29(38)39-30(5,6)7/h8-11,20H,12-18H2,1-7H3/t20-/m0/s1. The highest BCUT2D eigenvalue weighted by Crippen LogP contribution is 2.42. The minimum atomic E-state index is -0.455. The average molecular weight is 561 g/mol. The van der Waals surface area contributed by atoms with Gasteiger partial charge in [0.1, 0.15) is 22.5 Å². The Labute approximate surface area is 241 Å². The second kappa shape index (κ2) is 9.72. The molecule has 0 radical (unpaired) electrons. The van der Waals surface area contributed by atoms with Crippen LogP contribution in [0.1, 0.15) is 86.2 Å². The summed E-state index contributed by atoms with van der Waals surface area (Å²) in [6.07, 6.45) is 3.07. The Hall–Kier alpha value is -3.20.